The van der Waals surface area contributed by atoms with Gasteiger partial charge in [-0.3, -0.25) is 4.79 Å². The van der Waals surface area contributed by atoms with E-state index in [1.54, 1.807) is 54.7 Å². The molecule has 0 spiro atoms. The molecule has 8 heteroatoms. The minimum Gasteiger partial charge on any atom is -0.484 e. The molecule has 0 bridgehead atoms. The number of anilines is 1. The van der Waals surface area contributed by atoms with Crippen LogP contribution in [0, 0.1) is 0 Å². The number of carboxylic acid groups (broad SMARTS) is 1. The zero-order valence-electron chi connectivity index (χ0n) is 13.4. The lowest BCUT2D eigenvalue weighted by Gasteiger charge is -2.08. The number of carbonyl (C=O) groups excluding carboxylic acids is 1. The van der Waals surface area contributed by atoms with E-state index in [0.717, 1.165) is 0 Å². The number of amides is 1. The molecule has 132 valence electrons. The molecule has 0 saturated heterocycles. The number of hydrogen-bond donors (Lipinski definition) is 2. The number of aromatic nitrogens is 2. The Bertz CT molecular complexity index is 920. The highest BCUT2D eigenvalue weighted by Gasteiger charge is 2.08. The van der Waals surface area contributed by atoms with Crippen LogP contribution in [0.1, 0.15) is 10.5 Å². The Hall–Kier alpha value is -3.32. The van der Waals surface area contributed by atoms with Crippen molar-refractivity contribution in [2.45, 2.75) is 0 Å². The van der Waals surface area contributed by atoms with Gasteiger partial charge in [0, 0.05) is 16.9 Å². The number of nitrogens with one attached hydrogen (secondary N) is 1. The fraction of sp³-hybridized carbons (Fsp3) is 0.0556. The van der Waals surface area contributed by atoms with Crippen LogP contribution in [-0.2, 0) is 4.79 Å². The van der Waals surface area contributed by atoms with Crippen molar-refractivity contribution < 1.29 is 19.4 Å². The molecule has 26 heavy (non-hydrogen) atoms. The highest BCUT2D eigenvalue weighted by molar-refractivity contribution is 6.30. The predicted octanol–water partition coefficient (Wildman–Crippen LogP) is 3.24. The summed E-state index contributed by atoms with van der Waals surface area (Å²) >= 11 is 5.79. The Morgan fingerprint density at radius 3 is 2.38 bits per heavy atom. The van der Waals surface area contributed by atoms with E-state index in [9.17, 15) is 9.59 Å². The zero-order valence-corrected chi connectivity index (χ0v) is 14.2. The Kier molecular flexibility index (Phi) is 5.19. The van der Waals surface area contributed by atoms with Gasteiger partial charge in [0.05, 0.1) is 5.69 Å². The van der Waals surface area contributed by atoms with Crippen LogP contribution >= 0.6 is 11.6 Å². The van der Waals surface area contributed by atoms with E-state index in [1.807, 2.05) is 0 Å². The van der Waals surface area contributed by atoms with Gasteiger partial charge in [0.1, 0.15) is 5.75 Å². The van der Waals surface area contributed by atoms with Crippen LogP contribution < -0.4 is 10.1 Å². The van der Waals surface area contributed by atoms with E-state index in [1.165, 1.54) is 10.7 Å². The molecule has 0 aliphatic carbocycles. The molecule has 0 fully saturated rings. The average molecular weight is 372 g/mol. The largest absolute Gasteiger partial charge is 0.484 e. The normalized spacial score (nSPS) is 10.3. The molecule has 2 N–H and O–H groups in total. The minimum absolute atomic E-state index is 0.0401. The summed E-state index contributed by atoms with van der Waals surface area (Å²) in [4.78, 5) is 22.8. The maximum absolute atomic E-state index is 11.9. The van der Waals surface area contributed by atoms with Crippen LogP contribution in [-0.4, -0.2) is 33.4 Å². The first-order chi connectivity index (χ1) is 12.5. The van der Waals surface area contributed by atoms with Gasteiger partial charge >= 0.3 is 5.97 Å². The van der Waals surface area contributed by atoms with Gasteiger partial charge in [-0.15, -0.1) is 0 Å². The van der Waals surface area contributed by atoms with Gasteiger partial charge in [-0.05, 0) is 54.6 Å². The van der Waals surface area contributed by atoms with E-state index in [2.05, 4.69) is 10.4 Å². The molecule has 1 heterocycles. The lowest BCUT2D eigenvalue weighted by atomic mass is 10.3. The topological polar surface area (TPSA) is 93.5 Å². The molecule has 0 aliphatic rings. The fourth-order valence-electron chi connectivity index (χ4n) is 2.16. The maximum atomic E-state index is 11.9. The smallest absolute Gasteiger partial charge is 0.356 e. The first-order valence-corrected chi connectivity index (χ1v) is 7.97. The van der Waals surface area contributed by atoms with Crippen LogP contribution in [0.5, 0.6) is 5.75 Å². The maximum Gasteiger partial charge on any atom is 0.356 e. The average Bonchev–Trinajstić information content (AvgIpc) is 3.12. The molecule has 1 amide bonds. The van der Waals surface area contributed by atoms with Gasteiger partial charge in [0.25, 0.3) is 5.91 Å². The number of benzene rings is 2. The number of halogens is 1. The third-order valence-electron chi connectivity index (χ3n) is 3.41. The molecule has 0 aliphatic heterocycles. The van der Waals surface area contributed by atoms with Crippen LogP contribution in [0.4, 0.5) is 5.69 Å². The summed E-state index contributed by atoms with van der Waals surface area (Å²) in [5.74, 6) is -0.846. The second-order valence-corrected chi connectivity index (χ2v) is 5.72. The summed E-state index contributed by atoms with van der Waals surface area (Å²) in [6, 6.07) is 14.9. The molecule has 0 radical (unpaired) electrons. The van der Waals surface area contributed by atoms with Gasteiger partial charge in [-0.2, -0.15) is 5.10 Å². The first kappa shape index (κ1) is 17.5. The summed E-state index contributed by atoms with van der Waals surface area (Å²) in [5.41, 5.74) is 1.22. The molecule has 0 atom stereocenters. The standard InChI is InChI=1S/C18H14ClN3O4/c19-12-1-7-15(8-2-12)26-11-17(23)20-13-3-5-14(6-4-13)22-10-9-16(21-22)18(24)25/h1-10H,11H2,(H,20,23)(H,24,25). The first-order valence-electron chi connectivity index (χ1n) is 7.59. The second-order valence-electron chi connectivity index (χ2n) is 5.29. The van der Waals surface area contributed by atoms with Crippen LogP contribution in [0.15, 0.2) is 60.8 Å². The van der Waals surface area contributed by atoms with Gasteiger partial charge < -0.3 is 15.2 Å². The number of carboxylic acids is 1. The molecular formula is C18H14ClN3O4. The third kappa shape index (κ3) is 4.40. The van der Waals surface area contributed by atoms with E-state index in [4.69, 9.17) is 21.4 Å². The van der Waals surface area contributed by atoms with Gasteiger partial charge in [-0.1, -0.05) is 11.6 Å². The molecule has 0 saturated carbocycles. The van der Waals surface area contributed by atoms with Gasteiger partial charge in [-0.25, -0.2) is 9.48 Å². The van der Waals surface area contributed by atoms with Crippen molar-refractivity contribution in [1.29, 1.82) is 0 Å². The third-order valence-corrected chi connectivity index (χ3v) is 3.66. The summed E-state index contributed by atoms with van der Waals surface area (Å²) in [6.45, 7) is -0.134. The Balaban J connectivity index is 1.57. The van der Waals surface area contributed by atoms with Crippen molar-refractivity contribution in [3.63, 3.8) is 0 Å². The van der Waals surface area contributed by atoms with E-state index in [-0.39, 0.29) is 18.2 Å². The number of hydrogen-bond acceptors (Lipinski definition) is 4. The fourth-order valence-corrected chi connectivity index (χ4v) is 2.28. The van der Waals surface area contributed by atoms with Crippen molar-refractivity contribution in [2.24, 2.45) is 0 Å². The van der Waals surface area contributed by atoms with E-state index >= 15 is 0 Å². The van der Waals surface area contributed by atoms with E-state index < -0.39 is 5.97 Å². The number of ether oxygens (including phenoxy) is 1. The monoisotopic (exact) mass is 371 g/mol. The van der Waals surface area contributed by atoms with Crippen molar-refractivity contribution in [3.05, 3.63) is 71.5 Å². The quantitative estimate of drug-likeness (QED) is 0.693. The summed E-state index contributed by atoms with van der Waals surface area (Å²) < 4.78 is 6.82. The van der Waals surface area contributed by atoms with Crippen LogP contribution in [0.3, 0.4) is 0 Å². The highest BCUT2D eigenvalue weighted by atomic mass is 35.5. The molecule has 1 aromatic heterocycles. The summed E-state index contributed by atoms with van der Waals surface area (Å²) in [6.07, 6.45) is 1.55. The lowest BCUT2D eigenvalue weighted by molar-refractivity contribution is -0.118. The van der Waals surface area contributed by atoms with Crippen molar-refractivity contribution in [3.8, 4) is 11.4 Å². The molecule has 3 rings (SSSR count). The SMILES string of the molecule is O=C(COc1ccc(Cl)cc1)Nc1ccc(-n2ccc(C(=O)O)n2)cc1. The van der Waals surface area contributed by atoms with Crippen LogP contribution in [0.25, 0.3) is 5.69 Å². The molecule has 2 aromatic carbocycles. The summed E-state index contributed by atoms with van der Waals surface area (Å²) in [7, 11) is 0. The second kappa shape index (κ2) is 7.71. The molecule has 3 aromatic rings. The summed E-state index contributed by atoms with van der Waals surface area (Å²) in [5, 5.41) is 16.1. The number of rotatable bonds is 6. The highest BCUT2D eigenvalue weighted by Crippen LogP contribution is 2.16. The Morgan fingerprint density at radius 2 is 1.77 bits per heavy atom. The molecule has 7 nitrogen and oxygen atoms in total. The van der Waals surface area contributed by atoms with Crippen molar-refractivity contribution in [1.82, 2.24) is 9.78 Å². The zero-order chi connectivity index (χ0) is 18.5. The van der Waals surface area contributed by atoms with Crippen molar-refractivity contribution in [2.75, 3.05) is 11.9 Å². The molecular weight excluding hydrogens is 358 g/mol. The number of nitrogens with zero attached hydrogens (tertiary/aromatic N) is 2. The molecule has 0 unspecified atom stereocenters. The number of carbonyl (C=O) groups is 2. The van der Waals surface area contributed by atoms with Crippen LogP contribution in [0.2, 0.25) is 5.02 Å². The van der Waals surface area contributed by atoms with Gasteiger partial charge in [0.15, 0.2) is 12.3 Å². The lowest BCUT2D eigenvalue weighted by Crippen LogP contribution is -2.20. The van der Waals surface area contributed by atoms with Crippen molar-refractivity contribution >= 4 is 29.2 Å². The number of aromatic carboxylic acids is 1. The minimum atomic E-state index is -1.09. The van der Waals surface area contributed by atoms with E-state index in [0.29, 0.717) is 22.1 Å². The Labute approximate surface area is 153 Å². The predicted molar refractivity (Wildman–Crippen MR) is 96.1 cm³/mol. The van der Waals surface area contributed by atoms with Gasteiger partial charge in [0.2, 0.25) is 0 Å². The Morgan fingerprint density at radius 1 is 1.08 bits per heavy atom.